The van der Waals surface area contributed by atoms with Gasteiger partial charge in [-0.25, -0.2) is 13.4 Å². The minimum Gasteiger partial charge on any atom is -0.276 e. The first-order valence-corrected chi connectivity index (χ1v) is 7.92. The monoisotopic (exact) mass is 341 g/mol. The summed E-state index contributed by atoms with van der Waals surface area (Å²) in [5.74, 6) is 0. The van der Waals surface area contributed by atoms with Crippen molar-refractivity contribution < 1.29 is 8.42 Å². The highest BCUT2D eigenvalue weighted by Crippen LogP contribution is 2.27. The predicted molar refractivity (Wildman–Crippen MR) is 81.0 cm³/mol. The molecule has 5 nitrogen and oxygen atoms in total. The number of hydrogen-bond donors (Lipinski definition) is 1. The molecule has 0 unspecified atom stereocenters. The zero-order valence-electron chi connectivity index (χ0n) is 10.8. The number of nitriles is 1. The van der Waals surface area contributed by atoms with Crippen LogP contribution in [0.25, 0.3) is 0 Å². The Morgan fingerprint density at radius 1 is 1.29 bits per heavy atom. The van der Waals surface area contributed by atoms with Gasteiger partial charge in [0.15, 0.2) is 5.15 Å². The Labute approximate surface area is 132 Å². The molecule has 0 fully saturated rings. The van der Waals surface area contributed by atoms with E-state index in [1.165, 1.54) is 18.3 Å². The molecule has 0 saturated carbocycles. The lowest BCUT2D eigenvalue weighted by molar-refractivity contribution is 0.601. The van der Waals surface area contributed by atoms with Crippen molar-refractivity contribution >= 4 is 38.9 Å². The maximum Gasteiger partial charge on any atom is 0.263 e. The Morgan fingerprint density at radius 2 is 2.00 bits per heavy atom. The molecule has 1 aromatic carbocycles. The number of anilines is 1. The standard InChI is InChI=1S/C13H9Cl2N3O2S/c1-8-2-3-12(10(14)4-8)21(19,20)18-11-5-9(6-16)7-17-13(11)15/h2-5,7,18H,1H3. The molecule has 0 spiro atoms. The van der Waals surface area contributed by atoms with E-state index < -0.39 is 10.0 Å². The van der Waals surface area contributed by atoms with Crippen molar-refractivity contribution in [2.75, 3.05) is 4.72 Å². The molecule has 1 aromatic heterocycles. The second-order valence-electron chi connectivity index (χ2n) is 4.21. The number of aryl methyl sites for hydroxylation is 1. The van der Waals surface area contributed by atoms with Gasteiger partial charge < -0.3 is 0 Å². The van der Waals surface area contributed by atoms with Crippen LogP contribution in [0, 0.1) is 18.3 Å². The number of nitrogens with one attached hydrogen (secondary N) is 1. The second-order valence-corrected chi connectivity index (χ2v) is 6.63. The van der Waals surface area contributed by atoms with E-state index in [0.29, 0.717) is 0 Å². The Balaban J connectivity index is 2.45. The second kappa shape index (κ2) is 5.90. The van der Waals surface area contributed by atoms with Crippen molar-refractivity contribution in [1.82, 2.24) is 4.98 Å². The Hall–Kier alpha value is -1.81. The van der Waals surface area contributed by atoms with Crippen LogP contribution in [0.5, 0.6) is 0 Å². The van der Waals surface area contributed by atoms with Gasteiger partial charge in [0.1, 0.15) is 11.0 Å². The van der Waals surface area contributed by atoms with Gasteiger partial charge in [0.25, 0.3) is 10.0 Å². The molecule has 0 bridgehead atoms. The van der Waals surface area contributed by atoms with E-state index in [0.717, 1.165) is 5.56 Å². The lowest BCUT2D eigenvalue weighted by Crippen LogP contribution is -2.14. The third-order valence-corrected chi connectivity index (χ3v) is 4.74. The Morgan fingerprint density at radius 3 is 2.62 bits per heavy atom. The molecule has 8 heteroatoms. The van der Waals surface area contributed by atoms with Crippen molar-refractivity contribution in [2.24, 2.45) is 0 Å². The molecule has 1 N–H and O–H groups in total. The van der Waals surface area contributed by atoms with E-state index in [1.807, 2.05) is 6.07 Å². The molecular formula is C13H9Cl2N3O2S. The first-order chi connectivity index (χ1) is 9.83. The molecule has 0 aliphatic heterocycles. The van der Waals surface area contributed by atoms with Crippen molar-refractivity contribution in [3.8, 4) is 6.07 Å². The van der Waals surface area contributed by atoms with E-state index in [2.05, 4.69) is 9.71 Å². The van der Waals surface area contributed by atoms with Gasteiger partial charge in [-0.15, -0.1) is 0 Å². The van der Waals surface area contributed by atoms with Gasteiger partial charge in [-0.1, -0.05) is 29.3 Å². The van der Waals surface area contributed by atoms with Gasteiger partial charge in [0.05, 0.1) is 16.3 Å². The van der Waals surface area contributed by atoms with Crippen molar-refractivity contribution in [3.63, 3.8) is 0 Å². The Kier molecular flexibility index (Phi) is 4.37. The average molecular weight is 342 g/mol. The third-order valence-electron chi connectivity index (χ3n) is 2.59. The minimum atomic E-state index is -3.92. The quantitative estimate of drug-likeness (QED) is 0.867. The number of nitrogens with zero attached hydrogens (tertiary/aromatic N) is 2. The van der Waals surface area contributed by atoms with Crippen LogP contribution in [0.15, 0.2) is 35.4 Å². The van der Waals surface area contributed by atoms with Crippen molar-refractivity contribution in [3.05, 3.63) is 51.8 Å². The molecular weight excluding hydrogens is 333 g/mol. The number of benzene rings is 1. The highest BCUT2D eigenvalue weighted by molar-refractivity contribution is 7.92. The molecule has 0 atom stereocenters. The smallest absolute Gasteiger partial charge is 0.263 e. The topological polar surface area (TPSA) is 82.9 Å². The van der Waals surface area contributed by atoms with Gasteiger partial charge >= 0.3 is 0 Å². The summed E-state index contributed by atoms with van der Waals surface area (Å²) < 4.78 is 26.9. The van der Waals surface area contributed by atoms with E-state index >= 15 is 0 Å². The van der Waals surface area contributed by atoms with Crippen LogP contribution in [0.1, 0.15) is 11.1 Å². The zero-order chi connectivity index (χ0) is 15.6. The van der Waals surface area contributed by atoms with Gasteiger partial charge in [0, 0.05) is 6.20 Å². The summed E-state index contributed by atoms with van der Waals surface area (Å²) in [6.07, 6.45) is 1.25. The van der Waals surface area contributed by atoms with Crippen LogP contribution in [0.3, 0.4) is 0 Å². The fourth-order valence-corrected chi connectivity index (χ4v) is 3.47. The van der Waals surface area contributed by atoms with Crippen LogP contribution < -0.4 is 4.72 Å². The summed E-state index contributed by atoms with van der Waals surface area (Å²) in [5.41, 5.74) is 1.05. The summed E-state index contributed by atoms with van der Waals surface area (Å²) >= 11 is 11.8. The lowest BCUT2D eigenvalue weighted by Gasteiger charge is -2.11. The Bertz CT molecular complexity index is 845. The summed E-state index contributed by atoms with van der Waals surface area (Å²) in [6.45, 7) is 1.80. The molecule has 0 radical (unpaired) electrons. The summed E-state index contributed by atoms with van der Waals surface area (Å²) in [5, 5.41) is 8.86. The minimum absolute atomic E-state index is 0.0207. The number of aromatic nitrogens is 1. The fourth-order valence-electron chi connectivity index (χ4n) is 1.60. The molecule has 0 aliphatic rings. The maximum absolute atomic E-state index is 12.3. The number of rotatable bonds is 3. The normalized spacial score (nSPS) is 11.0. The van der Waals surface area contributed by atoms with Crippen LogP contribution in [-0.2, 0) is 10.0 Å². The molecule has 0 amide bonds. The zero-order valence-corrected chi connectivity index (χ0v) is 13.1. The highest BCUT2D eigenvalue weighted by Gasteiger charge is 2.19. The number of pyridine rings is 1. The van der Waals surface area contributed by atoms with Gasteiger partial charge in [-0.3, -0.25) is 4.72 Å². The molecule has 108 valence electrons. The van der Waals surface area contributed by atoms with E-state index in [-0.39, 0.29) is 26.3 Å². The highest BCUT2D eigenvalue weighted by atomic mass is 35.5. The largest absolute Gasteiger partial charge is 0.276 e. The molecule has 0 saturated heterocycles. The van der Waals surface area contributed by atoms with Gasteiger partial charge in [-0.05, 0) is 30.7 Å². The summed E-state index contributed by atoms with van der Waals surface area (Å²) in [7, 11) is -3.92. The van der Waals surface area contributed by atoms with Crippen LogP contribution in [-0.4, -0.2) is 13.4 Å². The first-order valence-electron chi connectivity index (χ1n) is 5.68. The average Bonchev–Trinajstić information content (AvgIpc) is 2.40. The third kappa shape index (κ3) is 3.45. The predicted octanol–water partition coefficient (Wildman–Crippen LogP) is 3.37. The number of hydrogen-bond acceptors (Lipinski definition) is 4. The van der Waals surface area contributed by atoms with Gasteiger partial charge in [0.2, 0.25) is 0 Å². The van der Waals surface area contributed by atoms with E-state index in [1.54, 1.807) is 19.1 Å². The SMILES string of the molecule is Cc1ccc(S(=O)(=O)Nc2cc(C#N)cnc2Cl)c(Cl)c1. The molecule has 2 rings (SSSR count). The summed E-state index contributed by atoms with van der Waals surface area (Å²) in [6, 6.07) is 7.73. The first kappa shape index (κ1) is 15.6. The van der Waals surface area contributed by atoms with Crippen LogP contribution in [0.2, 0.25) is 10.2 Å². The van der Waals surface area contributed by atoms with Crippen LogP contribution >= 0.6 is 23.2 Å². The number of sulfonamides is 1. The van der Waals surface area contributed by atoms with Crippen molar-refractivity contribution in [1.29, 1.82) is 5.26 Å². The molecule has 0 aliphatic carbocycles. The van der Waals surface area contributed by atoms with Gasteiger partial charge in [-0.2, -0.15) is 5.26 Å². The fraction of sp³-hybridized carbons (Fsp3) is 0.0769. The van der Waals surface area contributed by atoms with Crippen molar-refractivity contribution in [2.45, 2.75) is 11.8 Å². The summed E-state index contributed by atoms with van der Waals surface area (Å²) in [4.78, 5) is 3.67. The van der Waals surface area contributed by atoms with Crippen LogP contribution in [0.4, 0.5) is 5.69 Å². The maximum atomic E-state index is 12.3. The molecule has 2 aromatic rings. The lowest BCUT2D eigenvalue weighted by atomic mass is 10.2. The number of halogens is 2. The molecule has 1 heterocycles. The van der Waals surface area contributed by atoms with E-state index in [9.17, 15) is 8.42 Å². The molecule has 21 heavy (non-hydrogen) atoms. The van der Waals surface area contributed by atoms with E-state index in [4.69, 9.17) is 28.5 Å².